The average molecular weight is 354 g/mol. The van der Waals surface area contributed by atoms with Gasteiger partial charge in [-0.25, -0.2) is 0 Å². The molecule has 1 aromatic carbocycles. The van der Waals surface area contributed by atoms with E-state index in [4.69, 9.17) is 5.73 Å². The monoisotopic (exact) mass is 353 g/mol. The van der Waals surface area contributed by atoms with E-state index >= 15 is 0 Å². The van der Waals surface area contributed by atoms with Gasteiger partial charge in [-0.3, -0.25) is 4.90 Å². The third-order valence-corrected chi connectivity index (χ3v) is 4.54. The Labute approximate surface area is 137 Å². The number of benzene rings is 1. The van der Waals surface area contributed by atoms with Crippen molar-refractivity contribution in [2.45, 2.75) is 33.2 Å². The molecular weight excluding hydrogens is 326 g/mol. The van der Waals surface area contributed by atoms with Crippen LogP contribution in [0.3, 0.4) is 0 Å². The maximum absolute atomic E-state index is 5.88. The van der Waals surface area contributed by atoms with E-state index in [0.717, 1.165) is 38.5 Å². The van der Waals surface area contributed by atoms with Gasteiger partial charge >= 0.3 is 0 Å². The van der Waals surface area contributed by atoms with Gasteiger partial charge < -0.3 is 10.6 Å². The van der Waals surface area contributed by atoms with Crippen LogP contribution >= 0.6 is 15.9 Å². The second-order valence-corrected chi connectivity index (χ2v) is 7.50. The second kappa shape index (κ2) is 7.61. The molecule has 1 unspecified atom stereocenters. The number of nitrogens with zero attached hydrogens (tertiary/aromatic N) is 2. The number of piperazine rings is 1. The molecule has 21 heavy (non-hydrogen) atoms. The molecule has 0 spiro atoms. The smallest absolute Gasteiger partial charge is 0.0511 e. The van der Waals surface area contributed by atoms with Crippen LogP contribution in [0.2, 0.25) is 0 Å². The normalized spacial score (nSPS) is 18.3. The predicted molar refractivity (Wildman–Crippen MR) is 95.0 cm³/mol. The first-order chi connectivity index (χ1) is 9.95. The third kappa shape index (κ3) is 4.97. The summed E-state index contributed by atoms with van der Waals surface area (Å²) in [6, 6.07) is 6.88. The first-order valence-electron chi connectivity index (χ1n) is 7.97. The molecule has 118 valence electrons. The lowest BCUT2D eigenvalue weighted by atomic mass is 10.1. The first-order valence-corrected chi connectivity index (χ1v) is 8.76. The van der Waals surface area contributed by atoms with E-state index in [9.17, 15) is 0 Å². The van der Waals surface area contributed by atoms with Gasteiger partial charge in [0.2, 0.25) is 0 Å². The molecule has 1 atom stereocenters. The Morgan fingerprint density at radius 1 is 1.14 bits per heavy atom. The highest BCUT2D eigenvalue weighted by atomic mass is 79.9. The van der Waals surface area contributed by atoms with Gasteiger partial charge in [-0.05, 0) is 52.9 Å². The molecule has 0 radical (unpaired) electrons. The van der Waals surface area contributed by atoms with Crippen molar-refractivity contribution in [1.29, 1.82) is 0 Å². The van der Waals surface area contributed by atoms with E-state index in [1.807, 2.05) is 0 Å². The lowest BCUT2D eigenvalue weighted by Crippen LogP contribution is -2.47. The van der Waals surface area contributed by atoms with E-state index in [1.165, 1.54) is 22.3 Å². The van der Waals surface area contributed by atoms with Crippen LogP contribution in [0.15, 0.2) is 22.7 Å². The molecule has 1 fully saturated rings. The molecule has 1 aromatic rings. The van der Waals surface area contributed by atoms with Crippen molar-refractivity contribution in [2.24, 2.45) is 11.7 Å². The molecule has 1 saturated heterocycles. The fourth-order valence-electron chi connectivity index (χ4n) is 2.99. The Bertz CT molecular complexity index is 451. The standard InChI is InChI=1S/C17H28BrN3/c1-13(2)12-20-6-8-21(9-7-20)17-5-4-15(10-14(3)19)11-16(17)18/h4-5,11,13-14H,6-10,12,19H2,1-3H3. The van der Waals surface area contributed by atoms with Gasteiger partial charge in [-0.2, -0.15) is 0 Å². The number of rotatable bonds is 5. The molecule has 0 amide bonds. The molecule has 0 saturated carbocycles. The van der Waals surface area contributed by atoms with Crippen molar-refractivity contribution in [2.75, 3.05) is 37.6 Å². The summed E-state index contributed by atoms with van der Waals surface area (Å²) in [5.74, 6) is 0.751. The summed E-state index contributed by atoms with van der Waals surface area (Å²) in [6.45, 7) is 12.4. The lowest BCUT2D eigenvalue weighted by molar-refractivity contribution is 0.231. The van der Waals surface area contributed by atoms with Crippen molar-refractivity contribution in [1.82, 2.24) is 4.90 Å². The fraction of sp³-hybridized carbons (Fsp3) is 0.647. The molecule has 2 N–H and O–H groups in total. The topological polar surface area (TPSA) is 32.5 Å². The van der Waals surface area contributed by atoms with Gasteiger partial charge in [0, 0.05) is 43.2 Å². The van der Waals surface area contributed by atoms with Gasteiger partial charge in [-0.15, -0.1) is 0 Å². The molecular formula is C17H28BrN3. The first kappa shape index (κ1) is 16.8. The zero-order valence-corrected chi connectivity index (χ0v) is 15.1. The van der Waals surface area contributed by atoms with Gasteiger partial charge in [0.1, 0.15) is 0 Å². The summed E-state index contributed by atoms with van der Waals surface area (Å²) in [6.07, 6.45) is 0.932. The highest BCUT2D eigenvalue weighted by Crippen LogP contribution is 2.28. The SMILES string of the molecule is CC(C)CN1CCN(c2ccc(CC(C)N)cc2Br)CC1. The van der Waals surface area contributed by atoms with Crippen LogP contribution < -0.4 is 10.6 Å². The summed E-state index contributed by atoms with van der Waals surface area (Å²) in [5.41, 5.74) is 8.50. The van der Waals surface area contributed by atoms with E-state index < -0.39 is 0 Å². The Morgan fingerprint density at radius 2 is 1.81 bits per heavy atom. The molecule has 1 heterocycles. The Kier molecular flexibility index (Phi) is 6.08. The molecule has 4 heteroatoms. The summed E-state index contributed by atoms with van der Waals surface area (Å²) < 4.78 is 1.19. The van der Waals surface area contributed by atoms with E-state index in [2.05, 4.69) is 64.7 Å². The summed E-state index contributed by atoms with van der Waals surface area (Å²) in [4.78, 5) is 5.05. The zero-order chi connectivity index (χ0) is 15.4. The number of halogens is 1. The Balaban J connectivity index is 1.97. The number of hydrogen-bond donors (Lipinski definition) is 1. The summed E-state index contributed by atoms with van der Waals surface area (Å²) in [7, 11) is 0. The minimum atomic E-state index is 0.210. The molecule has 1 aliphatic rings. The van der Waals surface area contributed by atoms with Crippen LogP contribution in [-0.2, 0) is 6.42 Å². The molecule has 2 rings (SSSR count). The highest BCUT2D eigenvalue weighted by molar-refractivity contribution is 9.10. The Morgan fingerprint density at radius 3 is 2.33 bits per heavy atom. The van der Waals surface area contributed by atoms with Crippen molar-refractivity contribution >= 4 is 21.6 Å². The third-order valence-electron chi connectivity index (χ3n) is 3.91. The van der Waals surface area contributed by atoms with Gasteiger partial charge in [0.05, 0.1) is 5.69 Å². The summed E-state index contributed by atoms with van der Waals surface area (Å²) in [5, 5.41) is 0. The van der Waals surface area contributed by atoms with Crippen molar-refractivity contribution in [3.8, 4) is 0 Å². The minimum absolute atomic E-state index is 0.210. The van der Waals surface area contributed by atoms with Gasteiger partial charge in [0.15, 0.2) is 0 Å². The van der Waals surface area contributed by atoms with Crippen LogP contribution in [0, 0.1) is 5.92 Å². The number of nitrogens with two attached hydrogens (primary N) is 1. The van der Waals surface area contributed by atoms with Crippen molar-refractivity contribution < 1.29 is 0 Å². The van der Waals surface area contributed by atoms with E-state index in [1.54, 1.807) is 0 Å². The molecule has 0 aromatic heterocycles. The Hall–Kier alpha value is -0.580. The van der Waals surface area contributed by atoms with Crippen LogP contribution in [0.5, 0.6) is 0 Å². The number of hydrogen-bond acceptors (Lipinski definition) is 3. The maximum Gasteiger partial charge on any atom is 0.0511 e. The quantitative estimate of drug-likeness (QED) is 0.882. The van der Waals surface area contributed by atoms with Gasteiger partial charge in [-0.1, -0.05) is 19.9 Å². The zero-order valence-electron chi connectivity index (χ0n) is 13.5. The second-order valence-electron chi connectivity index (χ2n) is 6.65. The van der Waals surface area contributed by atoms with E-state index in [0.29, 0.717) is 0 Å². The molecule has 1 aliphatic heterocycles. The highest BCUT2D eigenvalue weighted by Gasteiger charge is 2.19. The average Bonchev–Trinajstić information content (AvgIpc) is 2.39. The van der Waals surface area contributed by atoms with Crippen LogP contribution in [-0.4, -0.2) is 43.7 Å². The summed E-state index contributed by atoms with van der Waals surface area (Å²) >= 11 is 3.73. The largest absolute Gasteiger partial charge is 0.368 e. The molecule has 0 bridgehead atoms. The van der Waals surface area contributed by atoms with E-state index in [-0.39, 0.29) is 6.04 Å². The maximum atomic E-state index is 5.88. The number of anilines is 1. The minimum Gasteiger partial charge on any atom is -0.368 e. The van der Waals surface area contributed by atoms with Crippen LogP contribution in [0.25, 0.3) is 0 Å². The lowest BCUT2D eigenvalue weighted by Gasteiger charge is -2.37. The predicted octanol–water partition coefficient (Wildman–Crippen LogP) is 3.12. The fourth-order valence-corrected chi connectivity index (χ4v) is 3.67. The van der Waals surface area contributed by atoms with Crippen LogP contribution in [0.1, 0.15) is 26.3 Å². The van der Waals surface area contributed by atoms with Crippen LogP contribution in [0.4, 0.5) is 5.69 Å². The molecule has 3 nitrogen and oxygen atoms in total. The van der Waals surface area contributed by atoms with Crippen molar-refractivity contribution in [3.05, 3.63) is 28.2 Å². The molecule has 0 aliphatic carbocycles. The van der Waals surface area contributed by atoms with Crippen molar-refractivity contribution in [3.63, 3.8) is 0 Å². The van der Waals surface area contributed by atoms with Gasteiger partial charge in [0.25, 0.3) is 0 Å².